The standard InChI is InChI=1S/C10H14N4O/c1-14(8-3-4-8)9-5-2-7(6-12-9)10(11)13-15/h2,5-6,8,15H,3-4H2,1H3,(H2,11,13). The fraction of sp³-hybridized carbons (Fsp3) is 0.400. The zero-order chi connectivity index (χ0) is 10.8. The van der Waals surface area contributed by atoms with Crippen LogP contribution in [0.25, 0.3) is 0 Å². The number of nitrogens with zero attached hydrogens (tertiary/aromatic N) is 3. The Kier molecular flexibility index (Phi) is 2.45. The third kappa shape index (κ3) is 2.01. The molecule has 1 fully saturated rings. The fourth-order valence-corrected chi connectivity index (χ4v) is 1.45. The second-order valence-electron chi connectivity index (χ2n) is 3.73. The average Bonchev–Trinajstić information content (AvgIpc) is 3.11. The molecule has 0 bridgehead atoms. The van der Waals surface area contributed by atoms with Crippen LogP contribution in [-0.2, 0) is 0 Å². The molecule has 80 valence electrons. The molecule has 1 aromatic heterocycles. The first-order valence-electron chi connectivity index (χ1n) is 4.89. The van der Waals surface area contributed by atoms with Crippen molar-refractivity contribution in [3.05, 3.63) is 23.9 Å². The Labute approximate surface area is 88.2 Å². The monoisotopic (exact) mass is 206 g/mol. The summed E-state index contributed by atoms with van der Waals surface area (Å²) in [5.41, 5.74) is 6.07. The van der Waals surface area contributed by atoms with E-state index in [1.165, 1.54) is 12.8 Å². The van der Waals surface area contributed by atoms with Crippen LogP contribution in [0.15, 0.2) is 23.5 Å². The topological polar surface area (TPSA) is 74.7 Å². The van der Waals surface area contributed by atoms with Crippen LogP contribution in [0.1, 0.15) is 18.4 Å². The molecular weight excluding hydrogens is 192 g/mol. The number of pyridine rings is 1. The number of hydrogen-bond donors (Lipinski definition) is 2. The molecule has 1 saturated carbocycles. The molecule has 1 aliphatic carbocycles. The molecule has 0 unspecified atom stereocenters. The number of anilines is 1. The second-order valence-corrected chi connectivity index (χ2v) is 3.73. The number of oxime groups is 1. The maximum absolute atomic E-state index is 8.49. The maximum atomic E-state index is 8.49. The Bertz CT molecular complexity index is 370. The molecule has 15 heavy (non-hydrogen) atoms. The van der Waals surface area contributed by atoms with Gasteiger partial charge in [0.25, 0.3) is 0 Å². The first-order valence-corrected chi connectivity index (χ1v) is 4.89. The summed E-state index contributed by atoms with van der Waals surface area (Å²) in [4.78, 5) is 6.41. The molecule has 0 saturated heterocycles. The molecule has 1 heterocycles. The lowest BCUT2D eigenvalue weighted by atomic mass is 10.2. The molecular formula is C10H14N4O. The smallest absolute Gasteiger partial charge is 0.171 e. The minimum absolute atomic E-state index is 0.0862. The van der Waals surface area contributed by atoms with Gasteiger partial charge in [-0.2, -0.15) is 0 Å². The lowest BCUT2D eigenvalue weighted by Crippen LogP contribution is -2.21. The Morgan fingerprint density at radius 1 is 1.60 bits per heavy atom. The van der Waals surface area contributed by atoms with Crippen LogP contribution in [0.4, 0.5) is 5.82 Å². The van der Waals surface area contributed by atoms with Gasteiger partial charge in [0.15, 0.2) is 5.84 Å². The van der Waals surface area contributed by atoms with E-state index in [4.69, 9.17) is 10.9 Å². The molecule has 1 aromatic rings. The van der Waals surface area contributed by atoms with E-state index in [0.29, 0.717) is 11.6 Å². The molecule has 1 aliphatic rings. The first kappa shape index (κ1) is 9.76. The van der Waals surface area contributed by atoms with Crippen molar-refractivity contribution in [2.75, 3.05) is 11.9 Å². The van der Waals surface area contributed by atoms with Gasteiger partial charge >= 0.3 is 0 Å². The van der Waals surface area contributed by atoms with Crippen LogP contribution in [0.5, 0.6) is 0 Å². The number of rotatable bonds is 3. The number of amidine groups is 1. The minimum atomic E-state index is 0.0862. The highest BCUT2D eigenvalue weighted by molar-refractivity contribution is 5.96. The summed E-state index contributed by atoms with van der Waals surface area (Å²) in [5, 5.41) is 11.4. The molecule has 5 nitrogen and oxygen atoms in total. The molecule has 0 aromatic carbocycles. The van der Waals surface area contributed by atoms with E-state index >= 15 is 0 Å². The van der Waals surface area contributed by atoms with E-state index < -0.39 is 0 Å². The largest absolute Gasteiger partial charge is 0.409 e. The number of nitrogens with two attached hydrogens (primary N) is 1. The Morgan fingerprint density at radius 3 is 2.80 bits per heavy atom. The van der Waals surface area contributed by atoms with Gasteiger partial charge in [-0.25, -0.2) is 4.98 Å². The normalized spacial score (nSPS) is 16.5. The van der Waals surface area contributed by atoms with Crippen molar-refractivity contribution in [2.24, 2.45) is 10.9 Å². The molecule has 0 amide bonds. The van der Waals surface area contributed by atoms with Crippen molar-refractivity contribution in [3.8, 4) is 0 Å². The highest BCUT2D eigenvalue weighted by Gasteiger charge is 2.26. The number of aromatic nitrogens is 1. The van der Waals surface area contributed by atoms with Gasteiger partial charge in [0, 0.05) is 24.8 Å². The third-order valence-electron chi connectivity index (χ3n) is 2.61. The predicted molar refractivity (Wildman–Crippen MR) is 58.2 cm³/mol. The Morgan fingerprint density at radius 2 is 2.33 bits per heavy atom. The van der Waals surface area contributed by atoms with Crippen molar-refractivity contribution >= 4 is 11.7 Å². The molecule has 2 rings (SSSR count). The summed E-state index contributed by atoms with van der Waals surface area (Å²) in [7, 11) is 2.03. The lowest BCUT2D eigenvalue weighted by molar-refractivity contribution is 0.318. The highest BCUT2D eigenvalue weighted by atomic mass is 16.4. The van der Waals surface area contributed by atoms with Gasteiger partial charge in [-0.3, -0.25) is 0 Å². The minimum Gasteiger partial charge on any atom is -0.409 e. The van der Waals surface area contributed by atoms with Gasteiger partial charge in [-0.05, 0) is 25.0 Å². The van der Waals surface area contributed by atoms with Crippen LogP contribution in [0, 0.1) is 0 Å². The first-order chi connectivity index (χ1) is 7.22. The molecule has 0 atom stereocenters. The molecule has 0 aliphatic heterocycles. The van der Waals surface area contributed by atoms with Crippen LogP contribution < -0.4 is 10.6 Å². The van der Waals surface area contributed by atoms with E-state index in [1.807, 2.05) is 13.1 Å². The van der Waals surface area contributed by atoms with Gasteiger partial charge in [-0.15, -0.1) is 0 Å². The van der Waals surface area contributed by atoms with E-state index in [0.717, 1.165) is 5.82 Å². The van der Waals surface area contributed by atoms with Crippen LogP contribution in [-0.4, -0.2) is 29.1 Å². The average molecular weight is 206 g/mol. The molecule has 0 radical (unpaired) electrons. The maximum Gasteiger partial charge on any atom is 0.171 e. The van der Waals surface area contributed by atoms with E-state index in [9.17, 15) is 0 Å². The molecule has 3 N–H and O–H groups in total. The van der Waals surface area contributed by atoms with Gasteiger partial charge in [0.05, 0.1) is 0 Å². The Hall–Kier alpha value is -1.78. The van der Waals surface area contributed by atoms with Crippen molar-refractivity contribution < 1.29 is 5.21 Å². The van der Waals surface area contributed by atoms with Crippen molar-refractivity contribution in [3.63, 3.8) is 0 Å². The summed E-state index contributed by atoms with van der Waals surface area (Å²) in [6.07, 6.45) is 4.09. The predicted octanol–water partition coefficient (Wildman–Crippen LogP) is 0.775. The zero-order valence-corrected chi connectivity index (χ0v) is 8.59. The van der Waals surface area contributed by atoms with E-state index in [2.05, 4.69) is 15.0 Å². The lowest BCUT2D eigenvalue weighted by Gasteiger charge is -2.17. The van der Waals surface area contributed by atoms with Gasteiger partial charge in [0.2, 0.25) is 0 Å². The van der Waals surface area contributed by atoms with E-state index in [-0.39, 0.29) is 5.84 Å². The summed E-state index contributed by atoms with van der Waals surface area (Å²) in [6.45, 7) is 0. The zero-order valence-electron chi connectivity index (χ0n) is 8.59. The summed E-state index contributed by atoms with van der Waals surface area (Å²) in [5.74, 6) is 1.01. The summed E-state index contributed by atoms with van der Waals surface area (Å²) in [6, 6.07) is 4.31. The quantitative estimate of drug-likeness (QED) is 0.331. The van der Waals surface area contributed by atoms with Gasteiger partial charge in [-0.1, -0.05) is 5.16 Å². The van der Waals surface area contributed by atoms with Crippen molar-refractivity contribution in [1.29, 1.82) is 0 Å². The SMILES string of the molecule is CN(c1ccc(/C(N)=N/O)cn1)C1CC1. The number of hydrogen-bond acceptors (Lipinski definition) is 4. The van der Waals surface area contributed by atoms with Crippen molar-refractivity contribution in [1.82, 2.24) is 4.98 Å². The fourth-order valence-electron chi connectivity index (χ4n) is 1.45. The van der Waals surface area contributed by atoms with Gasteiger partial charge < -0.3 is 15.8 Å². The molecule has 5 heteroatoms. The van der Waals surface area contributed by atoms with Crippen LogP contribution in [0.3, 0.4) is 0 Å². The second kappa shape index (κ2) is 3.76. The third-order valence-corrected chi connectivity index (χ3v) is 2.61. The van der Waals surface area contributed by atoms with Crippen LogP contribution >= 0.6 is 0 Å². The van der Waals surface area contributed by atoms with Crippen molar-refractivity contribution in [2.45, 2.75) is 18.9 Å². The molecule has 0 spiro atoms. The van der Waals surface area contributed by atoms with Gasteiger partial charge in [0.1, 0.15) is 5.82 Å². The summed E-state index contributed by atoms with van der Waals surface area (Å²) >= 11 is 0. The Balaban J connectivity index is 2.16. The van der Waals surface area contributed by atoms with E-state index in [1.54, 1.807) is 12.3 Å². The van der Waals surface area contributed by atoms with Crippen LogP contribution in [0.2, 0.25) is 0 Å². The summed E-state index contributed by atoms with van der Waals surface area (Å²) < 4.78 is 0. The highest BCUT2D eigenvalue weighted by Crippen LogP contribution is 2.28.